The molecular formula is C18H26F2N2O. The Kier molecular flexibility index (Phi) is 5.49. The molecule has 2 aliphatic rings. The zero-order chi connectivity index (χ0) is 16.2. The molecule has 1 aliphatic heterocycles. The maximum Gasteiger partial charge on any atom is 0.134 e. The molecule has 0 aromatic heterocycles. The summed E-state index contributed by atoms with van der Waals surface area (Å²) in [5.74, 6) is -0.377. The molecule has 128 valence electrons. The van der Waals surface area contributed by atoms with Gasteiger partial charge in [0.05, 0.1) is 7.11 Å². The molecule has 0 bridgehead atoms. The summed E-state index contributed by atoms with van der Waals surface area (Å²) < 4.78 is 34.4. The van der Waals surface area contributed by atoms with E-state index in [1.807, 2.05) is 0 Å². The van der Waals surface area contributed by atoms with Crippen molar-refractivity contribution in [3.63, 3.8) is 0 Å². The average molecular weight is 324 g/mol. The van der Waals surface area contributed by atoms with Gasteiger partial charge in [0, 0.05) is 49.9 Å². The van der Waals surface area contributed by atoms with Crippen LogP contribution in [0.15, 0.2) is 12.1 Å². The number of methoxy groups -OCH3 is 1. The largest absolute Gasteiger partial charge is 0.497 e. The molecule has 1 heterocycles. The minimum Gasteiger partial charge on any atom is -0.497 e. The Hall–Kier alpha value is -1.20. The highest BCUT2D eigenvalue weighted by Gasteiger charge is 2.34. The summed E-state index contributed by atoms with van der Waals surface area (Å²) in [7, 11) is 1.43. The molecule has 0 spiro atoms. The van der Waals surface area contributed by atoms with Gasteiger partial charge in [0.1, 0.15) is 17.4 Å². The molecule has 0 amide bonds. The molecule has 5 heteroatoms. The van der Waals surface area contributed by atoms with Gasteiger partial charge in [-0.25, -0.2) is 8.78 Å². The third-order valence-electron chi connectivity index (χ3n) is 5.23. The normalized spacial score (nSPS) is 22.0. The minimum atomic E-state index is -0.476. The van der Waals surface area contributed by atoms with Crippen molar-refractivity contribution in [2.45, 2.75) is 38.1 Å². The highest BCUT2D eigenvalue weighted by molar-refractivity contribution is 5.33. The van der Waals surface area contributed by atoms with Crippen LogP contribution in [0.4, 0.5) is 8.78 Å². The third-order valence-corrected chi connectivity index (χ3v) is 5.23. The van der Waals surface area contributed by atoms with Crippen LogP contribution >= 0.6 is 0 Å². The van der Waals surface area contributed by atoms with E-state index in [0.29, 0.717) is 5.92 Å². The summed E-state index contributed by atoms with van der Waals surface area (Å²) in [5.41, 5.74) is 0.236. The second-order valence-corrected chi connectivity index (χ2v) is 6.63. The lowest BCUT2D eigenvalue weighted by Gasteiger charge is -2.41. The summed E-state index contributed by atoms with van der Waals surface area (Å²) in [5, 5.41) is 3.32. The molecule has 1 saturated heterocycles. The van der Waals surface area contributed by atoms with Gasteiger partial charge < -0.3 is 10.1 Å². The maximum absolute atomic E-state index is 14.7. The second kappa shape index (κ2) is 7.58. The summed E-state index contributed by atoms with van der Waals surface area (Å²) in [6.07, 6.45) is 5.66. The SMILES string of the molecule is COc1cc(F)c([C@@H](C2CCCCC2)N2CCNCC2)c(F)c1. The topological polar surface area (TPSA) is 24.5 Å². The Morgan fingerprint density at radius 2 is 1.70 bits per heavy atom. The highest BCUT2D eigenvalue weighted by Crippen LogP contribution is 2.41. The predicted octanol–water partition coefficient (Wildman–Crippen LogP) is 3.50. The molecule has 0 unspecified atom stereocenters. The van der Waals surface area contributed by atoms with Crippen molar-refractivity contribution in [3.05, 3.63) is 29.3 Å². The van der Waals surface area contributed by atoms with Gasteiger partial charge in [0.25, 0.3) is 0 Å². The Balaban J connectivity index is 1.96. The molecule has 2 fully saturated rings. The van der Waals surface area contributed by atoms with E-state index in [4.69, 9.17) is 4.74 Å². The van der Waals surface area contributed by atoms with Crippen molar-refractivity contribution in [1.29, 1.82) is 0 Å². The first-order chi connectivity index (χ1) is 11.2. The van der Waals surface area contributed by atoms with Gasteiger partial charge in [-0.1, -0.05) is 19.3 Å². The van der Waals surface area contributed by atoms with Gasteiger partial charge in [-0.05, 0) is 18.8 Å². The Morgan fingerprint density at radius 1 is 1.09 bits per heavy atom. The van der Waals surface area contributed by atoms with Crippen LogP contribution < -0.4 is 10.1 Å². The number of ether oxygens (including phenoxy) is 1. The lowest BCUT2D eigenvalue weighted by atomic mass is 9.79. The van der Waals surface area contributed by atoms with Crippen molar-refractivity contribution >= 4 is 0 Å². The smallest absolute Gasteiger partial charge is 0.134 e. The van der Waals surface area contributed by atoms with E-state index in [1.165, 1.54) is 25.7 Å². The van der Waals surface area contributed by atoms with Gasteiger partial charge in [-0.15, -0.1) is 0 Å². The van der Waals surface area contributed by atoms with Crippen LogP contribution in [0.1, 0.15) is 43.7 Å². The van der Waals surface area contributed by atoms with Crippen molar-refractivity contribution < 1.29 is 13.5 Å². The highest BCUT2D eigenvalue weighted by atomic mass is 19.1. The molecule has 3 rings (SSSR count). The summed E-state index contributed by atoms with van der Waals surface area (Å²) in [6, 6.07) is 2.47. The van der Waals surface area contributed by atoms with Gasteiger partial charge in [0.15, 0.2) is 0 Å². The first-order valence-corrected chi connectivity index (χ1v) is 8.68. The maximum atomic E-state index is 14.7. The molecule has 1 atom stereocenters. The molecule has 1 aromatic carbocycles. The van der Waals surface area contributed by atoms with Crippen LogP contribution in [-0.4, -0.2) is 38.2 Å². The zero-order valence-electron chi connectivity index (χ0n) is 13.8. The first-order valence-electron chi connectivity index (χ1n) is 8.68. The van der Waals surface area contributed by atoms with Crippen molar-refractivity contribution in [1.82, 2.24) is 10.2 Å². The van der Waals surface area contributed by atoms with E-state index in [0.717, 1.165) is 51.9 Å². The number of halogens is 2. The lowest BCUT2D eigenvalue weighted by molar-refractivity contribution is 0.0975. The number of benzene rings is 1. The van der Waals surface area contributed by atoms with Crippen molar-refractivity contribution in [2.24, 2.45) is 5.92 Å². The number of nitrogens with zero attached hydrogens (tertiary/aromatic N) is 1. The van der Waals surface area contributed by atoms with Crippen LogP contribution in [0.25, 0.3) is 0 Å². The van der Waals surface area contributed by atoms with E-state index in [9.17, 15) is 8.78 Å². The molecule has 23 heavy (non-hydrogen) atoms. The van der Waals surface area contributed by atoms with Crippen LogP contribution in [0.5, 0.6) is 5.75 Å². The zero-order valence-corrected chi connectivity index (χ0v) is 13.8. The standard InChI is InChI=1S/C18H26F2N2O/c1-23-14-11-15(19)17(16(20)12-14)18(13-5-3-2-4-6-13)22-9-7-21-8-10-22/h11-13,18,21H,2-10H2,1H3/t18-/m1/s1. The lowest BCUT2D eigenvalue weighted by Crippen LogP contribution is -2.47. The summed E-state index contributed by atoms with van der Waals surface area (Å²) >= 11 is 0. The van der Waals surface area contributed by atoms with E-state index in [-0.39, 0.29) is 17.4 Å². The third kappa shape index (κ3) is 3.66. The van der Waals surface area contributed by atoms with Crippen molar-refractivity contribution in [2.75, 3.05) is 33.3 Å². The van der Waals surface area contributed by atoms with Crippen LogP contribution in [-0.2, 0) is 0 Å². The Labute approximate surface area is 137 Å². The average Bonchev–Trinajstić information content (AvgIpc) is 2.59. The van der Waals surface area contributed by atoms with Crippen LogP contribution in [0.2, 0.25) is 0 Å². The molecule has 3 nitrogen and oxygen atoms in total. The fraction of sp³-hybridized carbons (Fsp3) is 0.667. The number of hydrogen-bond acceptors (Lipinski definition) is 3. The number of nitrogens with one attached hydrogen (secondary N) is 1. The van der Waals surface area contributed by atoms with E-state index in [2.05, 4.69) is 10.2 Å². The second-order valence-electron chi connectivity index (χ2n) is 6.63. The molecule has 1 aliphatic carbocycles. The van der Waals surface area contributed by atoms with Gasteiger partial charge in [0.2, 0.25) is 0 Å². The van der Waals surface area contributed by atoms with E-state index in [1.54, 1.807) is 0 Å². The molecular weight excluding hydrogens is 298 g/mol. The Bertz CT molecular complexity index is 485. The minimum absolute atomic E-state index is 0.164. The fourth-order valence-corrected chi connectivity index (χ4v) is 4.09. The molecule has 1 aromatic rings. The number of piperazine rings is 1. The van der Waals surface area contributed by atoms with Gasteiger partial charge in [-0.2, -0.15) is 0 Å². The molecule has 1 saturated carbocycles. The van der Waals surface area contributed by atoms with Crippen LogP contribution in [0.3, 0.4) is 0 Å². The van der Waals surface area contributed by atoms with Gasteiger partial charge in [-0.3, -0.25) is 4.90 Å². The monoisotopic (exact) mass is 324 g/mol. The molecule has 0 radical (unpaired) electrons. The van der Waals surface area contributed by atoms with E-state index < -0.39 is 11.6 Å². The Morgan fingerprint density at radius 3 is 2.26 bits per heavy atom. The first kappa shape index (κ1) is 16.7. The fourth-order valence-electron chi connectivity index (χ4n) is 4.09. The number of rotatable bonds is 4. The van der Waals surface area contributed by atoms with E-state index >= 15 is 0 Å². The summed E-state index contributed by atoms with van der Waals surface area (Å²) in [6.45, 7) is 3.43. The van der Waals surface area contributed by atoms with Crippen LogP contribution in [0, 0.1) is 17.6 Å². The predicted molar refractivity (Wildman–Crippen MR) is 86.7 cm³/mol. The number of hydrogen-bond donors (Lipinski definition) is 1. The summed E-state index contributed by atoms with van der Waals surface area (Å²) in [4.78, 5) is 2.26. The van der Waals surface area contributed by atoms with Crippen molar-refractivity contribution in [3.8, 4) is 5.75 Å². The quantitative estimate of drug-likeness (QED) is 0.917. The molecule has 1 N–H and O–H groups in total. The van der Waals surface area contributed by atoms with Gasteiger partial charge >= 0.3 is 0 Å².